The first-order chi connectivity index (χ1) is 8.08. The molecule has 0 atom stereocenters. The molecule has 2 fully saturated rings. The summed E-state index contributed by atoms with van der Waals surface area (Å²) >= 11 is 1.70. The van der Waals surface area contributed by atoms with Gasteiger partial charge in [0.1, 0.15) is 0 Å². The Labute approximate surface area is 104 Å². The van der Waals surface area contributed by atoms with Crippen molar-refractivity contribution < 1.29 is 14.4 Å². The summed E-state index contributed by atoms with van der Waals surface area (Å²) in [7, 11) is 0. The molecule has 1 heterocycles. The number of nitrogens with zero attached hydrogens (tertiary/aromatic N) is 1. The molecule has 1 saturated carbocycles. The minimum absolute atomic E-state index is 0.0597. The first kappa shape index (κ1) is 12.4. The summed E-state index contributed by atoms with van der Waals surface area (Å²) in [4.78, 5) is 35.2. The number of rotatable bonds is 3. The van der Waals surface area contributed by atoms with E-state index in [1.54, 1.807) is 11.8 Å². The monoisotopic (exact) mass is 256 g/mol. The van der Waals surface area contributed by atoms with E-state index < -0.39 is 17.8 Å². The largest absolute Gasteiger partial charge is 0.331 e. The lowest BCUT2D eigenvalue weighted by atomic mass is 9.88. The van der Waals surface area contributed by atoms with Crippen molar-refractivity contribution in [2.45, 2.75) is 36.9 Å². The molecule has 2 rings (SSSR count). The van der Waals surface area contributed by atoms with Gasteiger partial charge in [0.05, 0.1) is 0 Å². The average molecular weight is 256 g/mol. The van der Waals surface area contributed by atoms with Gasteiger partial charge in [-0.1, -0.05) is 19.3 Å². The molecule has 0 aromatic heterocycles. The average Bonchev–Trinajstić information content (AvgIpc) is 2.57. The molecule has 0 radical (unpaired) electrons. The lowest BCUT2D eigenvalue weighted by molar-refractivity contribution is -0.140. The Morgan fingerprint density at radius 3 is 2.35 bits per heavy atom. The summed E-state index contributed by atoms with van der Waals surface area (Å²) in [5.74, 6) is -1.52. The van der Waals surface area contributed by atoms with Gasteiger partial charge >= 0.3 is 17.8 Å². The number of hydrogen-bond acceptors (Lipinski definition) is 4. The molecule has 5 nitrogen and oxygen atoms in total. The van der Waals surface area contributed by atoms with E-state index >= 15 is 0 Å². The molecule has 17 heavy (non-hydrogen) atoms. The lowest BCUT2D eigenvalue weighted by Gasteiger charge is -2.37. The van der Waals surface area contributed by atoms with Crippen molar-refractivity contribution in [3.63, 3.8) is 0 Å². The van der Waals surface area contributed by atoms with Gasteiger partial charge in [0.2, 0.25) is 0 Å². The predicted molar refractivity (Wildman–Crippen MR) is 64.6 cm³/mol. The van der Waals surface area contributed by atoms with Crippen LogP contribution in [-0.4, -0.2) is 40.3 Å². The van der Waals surface area contributed by atoms with Crippen molar-refractivity contribution in [3.05, 3.63) is 0 Å². The Bertz CT molecular complexity index is 364. The van der Waals surface area contributed by atoms with Gasteiger partial charge in [-0.05, 0) is 19.1 Å². The fraction of sp³-hybridized carbons (Fsp3) is 0.727. The van der Waals surface area contributed by atoms with Crippen molar-refractivity contribution in [1.82, 2.24) is 10.2 Å². The fourth-order valence-corrected chi connectivity index (χ4v) is 3.44. The van der Waals surface area contributed by atoms with E-state index in [2.05, 4.69) is 0 Å². The fourth-order valence-electron chi connectivity index (χ4n) is 2.49. The summed E-state index contributed by atoms with van der Waals surface area (Å²) < 4.78 is -0.0597. The topological polar surface area (TPSA) is 66.5 Å². The number of carbonyl (C=O) groups is 3. The molecule has 1 saturated heterocycles. The van der Waals surface area contributed by atoms with E-state index in [9.17, 15) is 14.4 Å². The summed E-state index contributed by atoms with van der Waals surface area (Å²) in [6.45, 7) is 0.352. The number of carbonyl (C=O) groups excluding carboxylic acids is 3. The zero-order valence-electron chi connectivity index (χ0n) is 9.82. The zero-order chi connectivity index (χ0) is 12.5. The maximum Gasteiger partial charge on any atom is 0.331 e. The van der Waals surface area contributed by atoms with E-state index in [1.807, 2.05) is 11.6 Å². The van der Waals surface area contributed by atoms with Gasteiger partial charge in [-0.2, -0.15) is 11.8 Å². The third-order valence-corrected chi connectivity index (χ3v) is 4.95. The SMILES string of the molecule is CSC1(CN2C(=O)NC(=O)C2=O)CCCCC1. The van der Waals surface area contributed by atoms with Crippen molar-refractivity contribution in [1.29, 1.82) is 0 Å². The molecule has 1 aliphatic carbocycles. The van der Waals surface area contributed by atoms with Gasteiger partial charge in [0, 0.05) is 11.3 Å². The van der Waals surface area contributed by atoms with E-state index in [-0.39, 0.29) is 4.75 Å². The number of imide groups is 2. The van der Waals surface area contributed by atoms with E-state index in [1.165, 1.54) is 6.42 Å². The summed E-state index contributed by atoms with van der Waals surface area (Å²) in [6.07, 6.45) is 7.46. The molecule has 6 heteroatoms. The molecule has 4 amide bonds. The highest BCUT2D eigenvalue weighted by Crippen LogP contribution is 2.39. The third-order valence-electron chi connectivity index (χ3n) is 3.55. The van der Waals surface area contributed by atoms with Crippen LogP contribution in [0.25, 0.3) is 0 Å². The normalized spacial score (nSPS) is 24.1. The first-order valence-electron chi connectivity index (χ1n) is 5.80. The molecular weight excluding hydrogens is 240 g/mol. The second kappa shape index (κ2) is 4.68. The Morgan fingerprint density at radius 2 is 1.88 bits per heavy atom. The highest BCUT2D eigenvalue weighted by molar-refractivity contribution is 8.00. The number of hydrogen-bond donors (Lipinski definition) is 1. The van der Waals surface area contributed by atoms with Crippen LogP contribution in [0.1, 0.15) is 32.1 Å². The number of amides is 4. The van der Waals surface area contributed by atoms with Crippen molar-refractivity contribution >= 4 is 29.6 Å². The van der Waals surface area contributed by atoms with Crippen LogP contribution in [0.4, 0.5) is 4.79 Å². The summed E-state index contributed by atoms with van der Waals surface area (Å²) in [5, 5.41) is 2.04. The highest BCUT2D eigenvalue weighted by Gasteiger charge is 2.43. The molecule has 94 valence electrons. The summed E-state index contributed by atoms with van der Waals surface area (Å²) in [5.41, 5.74) is 0. The van der Waals surface area contributed by atoms with E-state index in [4.69, 9.17) is 0 Å². The van der Waals surface area contributed by atoms with Gasteiger partial charge in [0.25, 0.3) is 0 Å². The van der Waals surface area contributed by atoms with Crippen LogP contribution in [0.3, 0.4) is 0 Å². The molecule has 0 aromatic carbocycles. The van der Waals surface area contributed by atoms with Crippen LogP contribution in [0.5, 0.6) is 0 Å². The van der Waals surface area contributed by atoms with Gasteiger partial charge in [-0.3, -0.25) is 19.8 Å². The van der Waals surface area contributed by atoms with Crippen molar-refractivity contribution in [3.8, 4) is 0 Å². The van der Waals surface area contributed by atoms with Crippen molar-refractivity contribution in [2.24, 2.45) is 0 Å². The van der Waals surface area contributed by atoms with Crippen LogP contribution in [0.2, 0.25) is 0 Å². The molecule has 0 bridgehead atoms. The lowest BCUT2D eigenvalue weighted by Crippen LogP contribution is -2.45. The van der Waals surface area contributed by atoms with Gasteiger partial charge in [-0.25, -0.2) is 4.79 Å². The summed E-state index contributed by atoms with van der Waals surface area (Å²) in [6, 6.07) is -0.570. The molecular formula is C11H16N2O3S. The maximum atomic E-state index is 11.5. The molecule has 2 aliphatic rings. The van der Waals surface area contributed by atoms with E-state index in [0.29, 0.717) is 6.54 Å². The molecule has 0 aromatic rings. The Balaban J connectivity index is 2.10. The van der Waals surface area contributed by atoms with Crippen LogP contribution in [-0.2, 0) is 9.59 Å². The Kier molecular flexibility index (Phi) is 3.42. The highest BCUT2D eigenvalue weighted by atomic mass is 32.2. The first-order valence-corrected chi connectivity index (χ1v) is 7.02. The van der Waals surface area contributed by atoms with Gasteiger partial charge in [0.15, 0.2) is 0 Å². The minimum atomic E-state index is -0.804. The smallest absolute Gasteiger partial charge is 0.269 e. The molecule has 1 aliphatic heterocycles. The second-order valence-electron chi connectivity index (χ2n) is 4.60. The molecule has 1 N–H and O–H groups in total. The van der Waals surface area contributed by atoms with Crippen LogP contribution >= 0.6 is 11.8 Å². The van der Waals surface area contributed by atoms with Crippen LogP contribution in [0.15, 0.2) is 0 Å². The quantitative estimate of drug-likeness (QED) is 0.607. The Hall–Kier alpha value is -1.04. The van der Waals surface area contributed by atoms with Crippen molar-refractivity contribution in [2.75, 3.05) is 12.8 Å². The maximum absolute atomic E-state index is 11.5. The Morgan fingerprint density at radius 1 is 1.24 bits per heavy atom. The zero-order valence-corrected chi connectivity index (χ0v) is 10.6. The van der Waals surface area contributed by atoms with Gasteiger partial charge < -0.3 is 0 Å². The van der Waals surface area contributed by atoms with Gasteiger partial charge in [-0.15, -0.1) is 0 Å². The number of urea groups is 1. The predicted octanol–water partition coefficient (Wildman–Crippen LogP) is 1.13. The van der Waals surface area contributed by atoms with Crippen LogP contribution < -0.4 is 5.32 Å². The van der Waals surface area contributed by atoms with Crippen LogP contribution in [0, 0.1) is 0 Å². The minimum Gasteiger partial charge on any atom is -0.269 e. The third kappa shape index (κ3) is 2.31. The van der Waals surface area contributed by atoms with E-state index in [0.717, 1.165) is 30.6 Å². The second-order valence-corrected chi connectivity index (χ2v) is 5.87. The number of thioether (sulfide) groups is 1. The standard InChI is InChI=1S/C11H16N2O3S/c1-17-11(5-3-2-4-6-11)7-13-9(15)8(14)12-10(13)16/h2-7H2,1H3,(H,12,14,16). The molecule has 0 unspecified atom stereocenters. The molecule has 0 spiro atoms. The number of nitrogens with one attached hydrogen (secondary N) is 1.